The van der Waals surface area contributed by atoms with E-state index >= 15 is 0 Å². The van der Waals surface area contributed by atoms with Crippen LogP contribution in [-0.2, 0) is 13.5 Å². The molecule has 0 amide bonds. The Morgan fingerprint density at radius 3 is 3.00 bits per heavy atom. The van der Waals surface area contributed by atoms with Gasteiger partial charge in [0.2, 0.25) is 0 Å². The summed E-state index contributed by atoms with van der Waals surface area (Å²) in [6, 6.07) is 0. The largest absolute Gasteiger partial charge is 0.294 e. The Kier molecular flexibility index (Phi) is 4.28. The lowest BCUT2D eigenvalue weighted by Gasteiger charge is -1.98. The number of hydrogen-bond donors (Lipinski definition) is 0. The van der Waals surface area contributed by atoms with Crippen LogP contribution in [0.1, 0.15) is 42.2 Å². The quantitative estimate of drug-likeness (QED) is 0.407. The van der Waals surface area contributed by atoms with Gasteiger partial charge in [-0.3, -0.25) is 9.48 Å². The van der Waals surface area contributed by atoms with Crippen LogP contribution in [0, 0.1) is 0 Å². The molecule has 1 aromatic heterocycles. The van der Waals surface area contributed by atoms with Crippen molar-refractivity contribution in [3.05, 3.63) is 30.1 Å². The molecule has 0 bridgehead atoms. The van der Waals surface area contributed by atoms with Crippen molar-refractivity contribution in [2.24, 2.45) is 7.05 Å². The molecule has 0 N–H and O–H groups in total. The van der Waals surface area contributed by atoms with Gasteiger partial charge in [-0.15, -0.1) is 6.58 Å². The Balaban J connectivity index is 2.67. The van der Waals surface area contributed by atoms with E-state index in [2.05, 4.69) is 11.7 Å². The average molecular weight is 206 g/mol. The van der Waals surface area contributed by atoms with Gasteiger partial charge >= 0.3 is 0 Å². The lowest BCUT2D eigenvalue weighted by molar-refractivity contribution is 0.0979. The van der Waals surface area contributed by atoms with E-state index in [1.54, 1.807) is 4.68 Å². The van der Waals surface area contributed by atoms with Crippen molar-refractivity contribution in [1.82, 2.24) is 9.78 Å². The van der Waals surface area contributed by atoms with E-state index in [-0.39, 0.29) is 5.78 Å². The Hall–Kier alpha value is -1.38. The Morgan fingerprint density at radius 1 is 1.67 bits per heavy atom. The van der Waals surface area contributed by atoms with Crippen LogP contribution < -0.4 is 0 Å². The first-order valence-corrected chi connectivity index (χ1v) is 5.35. The molecular weight excluding hydrogens is 188 g/mol. The maximum absolute atomic E-state index is 11.8. The molecule has 0 aliphatic rings. The maximum Gasteiger partial charge on any atom is 0.166 e. The van der Waals surface area contributed by atoms with Gasteiger partial charge in [0.15, 0.2) is 5.78 Å². The summed E-state index contributed by atoms with van der Waals surface area (Å²) in [5, 5.41) is 4.25. The highest BCUT2D eigenvalue weighted by Gasteiger charge is 2.13. The number of aryl methyl sites for hydroxylation is 2. The van der Waals surface area contributed by atoms with Crippen molar-refractivity contribution in [2.75, 3.05) is 0 Å². The van der Waals surface area contributed by atoms with Crippen LogP contribution in [0.3, 0.4) is 0 Å². The first kappa shape index (κ1) is 11.7. The molecule has 0 unspecified atom stereocenters. The van der Waals surface area contributed by atoms with Crippen molar-refractivity contribution in [1.29, 1.82) is 0 Å². The third kappa shape index (κ3) is 3.05. The van der Waals surface area contributed by atoms with Crippen molar-refractivity contribution in [3.8, 4) is 0 Å². The van der Waals surface area contributed by atoms with Crippen molar-refractivity contribution < 1.29 is 4.79 Å². The zero-order valence-corrected chi connectivity index (χ0v) is 9.49. The van der Waals surface area contributed by atoms with Crippen LogP contribution >= 0.6 is 0 Å². The van der Waals surface area contributed by atoms with Gasteiger partial charge in [-0.05, 0) is 19.3 Å². The van der Waals surface area contributed by atoms with E-state index in [0.29, 0.717) is 6.42 Å². The first-order chi connectivity index (χ1) is 7.19. The van der Waals surface area contributed by atoms with Gasteiger partial charge in [0.1, 0.15) is 0 Å². The number of hydrogen-bond acceptors (Lipinski definition) is 2. The second-order valence-electron chi connectivity index (χ2n) is 3.62. The fourth-order valence-electron chi connectivity index (χ4n) is 1.57. The normalized spacial score (nSPS) is 10.3. The lowest BCUT2D eigenvalue weighted by Crippen LogP contribution is -2.00. The summed E-state index contributed by atoms with van der Waals surface area (Å²) >= 11 is 0. The SMILES string of the molecule is C=CCCCC(=O)c1cn(C)nc1CC. The first-order valence-electron chi connectivity index (χ1n) is 5.35. The monoisotopic (exact) mass is 206 g/mol. The molecule has 82 valence electrons. The van der Waals surface area contributed by atoms with E-state index in [1.807, 2.05) is 26.2 Å². The third-order valence-corrected chi connectivity index (χ3v) is 2.35. The van der Waals surface area contributed by atoms with E-state index in [4.69, 9.17) is 0 Å². The second kappa shape index (κ2) is 5.49. The van der Waals surface area contributed by atoms with Gasteiger partial charge in [-0.2, -0.15) is 5.10 Å². The topological polar surface area (TPSA) is 34.9 Å². The van der Waals surface area contributed by atoms with Crippen LogP contribution in [-0.4, -0.2) is 15.6 Å². The summed E-state index contributed by atoms with van der Waals surface area (Å²) < 4.78 is 1.71. The van der Waals surface area contributed by atoms with Crippen LogP contribution in [0.2, 0.25) is 0 Å². The molecule has 1 rings (SSSR count). The molecule has 0 atom stereocenters. The van der Waals surface area contributed by atoms with Crippen LogP contribution in [0.4, 0.5) is 0 Å². The summed E-state index contributed by atoms with van der Waals surface area (Å²) in [4.78, 5) is 11.8. The van der Waals surface area contributed by atoms with Gasteiger partial charge in [-0.1, -0.05) is 13.0 Å². The fraction of sp³-hybridized carbons (Fsp3) is 0.500. The van der Waals surface area contributed by atoms with E-state index in [0.717, 1.165) is 30.5 Å². The van der Waals surface area contributed by atoms with Gasteiger partial charge < -0.3 is 0 Å². The molecule has 1 heterocycles. The third-order valence-electron chi connectivity index (χ3n) is 2.35. The number of nitrogens with zero attached hydrogens (tertiary/aromatic N) is 2. The molecule has 0 aromatic carbocycles. The summed E-state index contributed by atoms with van der Waals surface area (Å²) in [7, 11) is 1.85. The number of rotatable bonds is 6. The van der Waals surface area contributed by atoms with Crippen molar-refractivity contribution in [2.45, 2.75) is 32.6 Å². The van der Waals surface area contributed by atoms with Crippen LogP contribution in [0.5, 0.6) is 0 Å². The molecular formula is C12H18N2O. The van der Waals surface area contributed by atoms with Gasteiger partial charge in [0.25, 0.3) is 0 Å². The minimum atomic E-state index is 0.196. The predicted octanol–water partition coefficient (Wildman–Crippen LogP) is 2.52. The number of aromatic nitrogens is 2. The Bertz CT molecular complexity index is 353. The molecule has 0 spiro atoms. The molecule has 3 heteroatoms. The zero-order chi connectivity index (χ0) is 11.3. The molecule has 3 nitrogen and oxygen atoms in total. The zero-order valence-electron chi connectivity index (χ0n) is 9.49. The predicted molar refractivity (Wildman–Crippen MR) is 61.0 cm³/mol. The van der Waals surface area contributed by atoms with Crippen molar-refractivity contribution in [3.63, 3.8) is 0 Å². The highest BCUT2D eigenvalue weighted by Crippen LogP contribution is 2.12. The molecule has 1 aromatic rings. The van der Waals surface area contributed by atoms with Crippen LogP contribution in [0.25, 0.3) is 0 Å². The van der Waals surface area contributed by atoms with Crippen LogP contribution in [0.15, 0.2) is 18.9 Å². The second-order valence-corrected chi connectivity index (χ2v) is 3.62. The molecule has 0 fully saturated rings. The number of Topliss-reactive ketones (excluding diaryl/α,β-unsaturated/α-hetero) is 1. The molecule has 0 aliphatic heterocycles. The number of ketones is 1. The highest BCUT2D eigenvalue weighted by molar-refractivity contribution is 5.96. The molecule has 0 saturated carbocycles. The summed E-state index contributed by atoms with van der Waals surface area (Å²) in [6.45, 7) is 5.66. The number of unbranched alkanes of at least 4 members (excludes halogenated alkanes) is 1. The minimum absolute atomic E-state index is 0.196. The lowest BCUT2D eigenvalue weighted by atomic mass is 10.1. The van der Waals surface area contributed by atoms with Gasteiger partial charge in [-0.25, -0.2) is 0 Å². The molecule has 0 aliphatic carbocycles. The summed E-state index contributed by atoms with van der Waals surface area (Å²) in [5.74, 6) is 0.196. The highest BCUT2D eigenvalue weighted by atomic mass is 16.1. The van der Waals surface area contributed by atoms with Crippen molar-refractivity contribution >= 4 is 5.78 Å². The maximum atomic E-state index is 11.8. The average Bonchev–Trinajstić information content (AvgIpc) is 2.60. The molecule has 0 saturated heterocycles. The number of carbonyl (C=O) groups is 1. The number of carbonyl (C=O) groups excluding carboxylic acids is 1. The van der Waals surface area contributed by atoms with Gasteiger partial charge in [0.05, 0.1) is 11.3 Å². The summed E-state index contributed by atoms with van der Waals surface area (Å²) in [6.07, 6.45) is 6.83. The Morgan fingerprint density at radius 2 is 2.40 bits per heavy atom. The standard InChI is InChI=1S/C12H18N2O/c1-4-6-7-8-12(15)10-9-14(3)13-11(10)5-2/h4,9H,1,5-8H2,2-3H3. The van der Waals surface area contributed by atoms with E-state index in [1.165, 1.54) is 0 Å². The summed E-state index contributed by atoms with van der Waals surface area (Å²) in [5.41, 5.74) is 1.69. The molecule has 0 radical (unpaired) electrons. The minimum Gasteiger partial charge on any atom is -0.294 e. The Labute approximate surface area is 90.8 Å². The number of allylic oxidation sites excluding steroid dienone is 1. The molecule has 15 heavy (non-hydrogen) atoms. The van der Waals surface area contributed by atoms with E-state index < -0.39 is 0 Å². The van der Waals surface area contributed by atoms with E-state index in [9.17, 15) is 4.79 Å². The smallest absolute Gasteiger partial charge is 0.166 e. The fourth-order valence-corrected chi connectivity index (χ4v) is 1.57. The van der Waals surface area contributed by atoms with Gasteiger partial charge in [0, 0.05) is 19.7 Å².